The maximum atomic E-state index is 13.7. The number of ketones is 1. The molecule has 5 aliphatic rings. The molecule has 0 amide bonds. The Morgan fingerprint density at radius 3 is 2.49 bits per heavy atom. The predicted molar refractivity (Wildman–Crippen MR) is 132 cm³/mol. The van der Waals surface area contributed by atoms with Crippen molar-refractivity contribution in [3.8, 4) is 0 Å². The minimum atomic E-state index is -2.27. The van der Waals surface area contributed by atoms with Gasteiger partial charge >= 0.3 is 17.9 Å². The minimum absolute atomic E-state index is 0.0195. The van der Waals surface area contributed by atoms with Gasteiger partial charge in [0.05, 0.1) is 25.7 Å². The summed E-state index contributed by atoms with van der Waals surface area (Å²) in [6.45, 7) is 8.65. The third kappa shape index (κ3) is 3.32. The second-order valence-electron chi connectivity index (χ2n) is 12.3. The Kier molecular flexibility index (Phi) is 6.32. The van der Waals surface area contributed by atoms with Crippen molar-refractivity contribution in [3.05, 3.63) is 23.5 Å². The highest BCUT2D eigenvalue weighted by atomic mass is 16.6. The van der Waals surface area contributed by atoms with Crippen LogP contribution in [0.25, 0.3) is 0 Å². The molecule has 0 radical (unpaired) electrons. The highest BCUT2D eigenvalue weighted by molar-refractivity contribution is 6.00. The van der Waals surface area contributed by atoms with Gasteiger partial charge < -0.3 is 34.3 Å². The van der Waals surface area contributed by atoms with Crippen LogP contribution in [0.15, 0.2) is 23.5 Å². The predicted octanol–water partition coefficient (Wildman–Crippen LogP) is 1.01. The number of fused-ring (bicyclic) bond motifs is 2. The number of rotatable bonds is 4. The van der Waals surface area contributed by atoms with E-state index in [1.807, 2.05) is 20.8 Å². The quantitative estimate of drug-likeness (QED) is 0.261. The van der Waals surface area contributed by atoms with Gasteiger partial charge in [-0.25, -0.2) is 14.4 Å². The van der Waals surface area contributed by atoms with Gasteiger partial charge in [0, 0.05) is 22.8 Å². The van der Waals surface area contributed by atoms with E-state index in [2.05, 4.69) is 0 Å². The maximum absolute atomic E-state index is 13.7. The summed E-state index contributed by atoms with van der Waals surface area (Å²) in [5, 5.41) is 33.8. The molecule has 11 atom stereocenters. The van der Waals surface area contributed by atoms with Crippen molar-refractivity contribution < 1.29 is 53.4 Å². The standard InChI is InChI=1S/C28H36O11/c1-11(2)12(3)8-17(30)39-19-21-27-10-37-28(21,25(35)36-6)23(33)18(31)20(27)26(5)14(9-16(27)38-24(19)34)13(4)7-15(29)22(26)32/h7-8,11,13-14,16,18-21,23,29,31,33H,9-10H2,1-6H3/b12-8+/t13?,14-,16+,18+,19?,20+,21?,23-,26-,27+,28+/m0/s1. The van der Waals surface area contributed by atoms with Crippen molar-refractivity contribution in [2.75, 3.05) is 13.7 Å². The first-order valence-corrected chi connectivity index (χ1v) is 13.3. The second kappa shape index (κ2) is 8.87. The lowest BCUT2D eigenvalue weighted by Crippen LogP contribution is -2.80. The van der Waals surface area contributed by atoms with Crippen LogP contribution in [0.5, 0.6) is 0 Å². The number of carbonyl (C=O) groups excluding carboxylic acids is 4. The lowest BCUT2D eigenvalue weighted by Gasteiger charge is -2.66. The molecule has 11 heteroatoms. The molecule has 3 aliphatic carbocycles. The molecule has 1 spiro atoms. The average molecular weight is 549 g/mol. The van der Waals surface area contributed by atoms with Gasteiger partial charge in [0.1, 0.15) is 12.2 Å². The SMILES string of the molecule is COC(=O)[C@@]12OC[C@@]34C1C(OC(=O)/C=C(\C)C(C)C)C(=O)O[C@@H]3C[C@H]1C(C)C=C(O)C(=O)[C@]1(C)[C@H]4[C@@H](O)[C@@H]2O. The Hall–Kier alpha value is -2.76. The second-order valence-corrected chi connectivity index (χ2v) is 12.3. The smallest absolute Gasteiger partial charge is 0.348 e. The number of hydrogen-bond acceptors (Lipinski definition) is 11. The summed E-state index contributed by atoms with van der Waals surface area (Å²) in [5.74, 6) is -7.13. The molecule has 5 rings (SSSR count). The first kappa shape index (κ1) is 27.8. The van der Waals surface area contributed by atoms with Crippen LogP contribution in [0.4, 0.5) is 0 Å². The molecule has 2 saturated heterocycles. The minimum Gasteiger partial charge on any atom is -0.505 e. The van der Waals surface area contributed by atoms with Crippen LogP contribution in [0.1, 0.15) is 41.0 Å². The van der Waals surface area contributed by atoms with Crippen molar-refractivity contribution in [3.63, 3.8) is 0 Å². The van der Waals surface area contributed by atoms with Crippen molar-refractivity contribution >= 4 is 23.7 Å². The topological polar surface area (TPSA) is 166 Å². The van der Waals surface area contributed by atoms with Crippen LogP contribution in [0, 0.1) is 40.4 Å². The molecule has 2 saturated carbocycles. The summed E-state index contributed by atoms with van der Waals surface area (Å²) in [6, 6.07) is 0. The maximum Gasteiger partial charge on any atom is 0.348 e. The number of allylic oxidation sites excluding steroid dienone is 3. The third-order valence-corrected chi connectivity index (χ3v) is 10.3. The Labute approximate surface area is 226 Å². The number of aliphatic hydroxyl groups excluding tert-OH is 3. The molecule has 11 nitrogen and oxygen atoms in total. The average Bonchev–Trinajstić information content (AvgIpc) is 3.18. The summed E-state index contributed by atoms with van der Waals surface area (Å²) in [6.07, 6.45) is -3.41. The van der Waals surface area contributed by atoms with E-state index >= 15 is 0 Å². The number of hydrogen-bond donors (Lipinski definition) is 3. The van der Waals surface area contributed by atoms with Crippen LogP contribution >= 0.6 is 0 Å². The van der Waals surface area contributed by atoms with E-state index in [1.165, 1.54) is 12.2 Å². The molecule has 0 aromatic heterocycles. The fourth-order valence-corrected chi connectivity index (χ4v) is 8.35. The lowest BCUT2D eigenvalue weighted by atomic mass is 9.37. The summed E-state index contributed by atoms with van der Waals surface area (Å²) >= 11 is 0. The molecule has 3 N–H and O–H groups in total. The molecule has 4 fully saturated rings. The van der Waals surface area contributed by atoms with Crippen LogP contribution in [-0.2, 0) is 38.1 Å². The van der Waals surface area contributed by atoms with E-state index in [0.717, 1.165) is 7.11 Å². The van der Waals surface area contributed by atoms with Gasteiger partial charge in [-0.1, -0.05) is 33.3 Å². The zero-order valence-electron chi connectivity index (χ0n) is 22.9. The zero-order valence-corrected chi connectivity index (χ0v) is 22.9. The molecule has 0 aromatic carbocycles. The molecular weight excluding hydrogens is 512 g/mol. The summed E-state index contributed by atoms with van der Waals surface area (Å²) in [4.78, 5) is 53.5. The van der Waals surface area contributed by atoms with E-state index < -0.39 is 88.1 Å². The van der Waals surface area contributed by atoms with E-state index in [9.17, 15) is 34.5 Å². The first-order chi connectivity index (χ1) is 18.2. The lowest BCUT2D eigenvalue weighted by molar-refractivity contribution is -0.289. The van der Waals surface area contributed by atoms with Crippen molar-refractivity contribution in [2.24, 2.45) is 40.4 Å². The molecular formula is C28H36O11. The van der Waals surface area contributed by atoms with E-state index in [-0.39, 0.29) is 24.9 Å². The van der Waals surface area contributed by atoms with Crippen LogP contribution in [0.2, 0.25) is 0 Å². The molecule has 0 aromatic rings. The molecule has 214 valence electrons. The number of methoxy groups -OCH3 is 1. The highest BCUT2D eigenvalue weighted by Gasteiger charge is 2.85. The largest absolute Gasteiger partial charge is 0.505 e. The summed E-state index contributed by atoms with van der Waals surface area (Å²) in [7, 11) is 1.08. The van der Waals surface area contributed by atoms with Gasteiger partial charge in [-0.15, -0.1) is 0 Å². The first-order valence-electron chi connectivity index (χ1n) is 13.3. The highest BCUT2D eigenvalue weighted by Crippen LogP contribution is 2.72. The van der Waals surface area contributed by atoms with Crippen LogP contribution in [0.3, 0.4) is 0 Å². The fraction of sp³-hybridized carbons (Fsp3) is 0.714. The van der Waals surface area contributed by atoms with Crippen molar-refractivity contribution in [1.29, 1.82) is 0 Å². The van der Waals surface area contributed by atoms with Crippen LogP contribution < -0.4 is 0 Å². The zero-order chi connectivity index (χ0) is 28.8. The van der Waals surface area contributed by atoms with Gasteiger partial charge in [-0.3, -0.25) is 4.79 Å². The van der Waals surface area contributed by atoms with Gasteiger partial charge in [0.2, 0.25) is 17.5 Å². The van der Waals surface area contributed by atoms with Gasteiger partial charge in [-0.05, 0) is 37.2 Å². The normalized spacial score (nSPS) is 46.6. The summed E-state index contributed by atoms with van der Waals surface area (Å²) in [5.41, 5.74) is -4.42. The fourth-order valence-electron chi connectivity index (χ4n) is 8.35. The molecule has 2 heterocycles. The Morgan fingerprint density at radius 1 is 1.21 bits per heavy atom. The third-order valence-electron chi connectivity index (χ3n) is 10.3. The van der Waals surface area contributed by atoms with Crippen molar-refractivity contribution in [1.82, 2.24) is 0 Å². The molecule has 39 heavy (non-hydrogen) atoms. The molecule has 3 unspecified atom stereocenters. The van der Waals surface area contributed by atoms with Crippen LogP contribution in [-0.4, -0.2) is 82.7 Å². The number of ether oxygens (including phenoxy) is 4. The van der Waals surface area contributed by atoms with Crippen molar-refractivity contribution in [2.45, 2.75) is 71.1 Å². The Bertz CT molecular complexity index is 1190. The van der Waals surface area contributed by atoms with Gasteiger partial charge in [-0.2, -0.15) is 0 Å². The summed E-state index contributed by atoms with van der Waals surface area (Å²) < 4.78 is 22.6. The number of aliphatic hydroxyl groups is 3. The molecule has 2 bridgehead atoms. The Morgan fingerprint density at radius 2 is 1.87 bits per heavy atom. The molecule has 2 aliphatic heterocycles. The monoisotopic (exact) mass is 548 g/mol. The Balaban J connectivity index is 1.72. The number of esters is 3. The number of carbonyl (C=O) groups is 4. The van der Waals surface area contributed by atoms with E-state index in [4.69, 9.17) is 18.9 Å². The van der Waals surface area contributed by atoms with E-state index in [0.29, 0.717) is 5.57 Å². The van der Waals surface area contributed by atoms with E-state index in [1.54, 1.807) is 13.8 Å². The van der Waals surface area contributed by atoms with Gasteiger partial charge in [0.15, 0.2) is 5.76 Å². The number of Topliss-reactive ketones (excluding diaryl/α,β-unsaturated/α-hetero) is 1. The van der Waals surface area contributed by atoms with Gasteiger partial charge in [0.25, 0.3) is 0 Å².